The van der Waals surface area contributed by atoms with Gasteiger partial charge in [0.15, 0.2) is 5.65 Å². The monoisotopic (exact) mass is 440 g/mol. The van der Waals surface area contributed by atoms with Crippen molar-refractivity contribution >= 4 is 28.8 Å². The summed E-state index contributed by atoms with van der Waals surface area (Å²) < 4.78 is 8.59. The molecule has 9 nitrogen and oxygen atoms in total. The third-order valence-electron chi connectivity index (χ3n) is 5.04. The number of methoxy groups -OCH3 is 1. The summed E-state index contributed by atoms with van der Waals surface area (Å²) in [5.74, 6) is 0.160. The molecule has 3 heterocycles. The van der Waals surface area contributed by atoms with Crippen LogP contribution in [-0.2, 0) is 0 Å². The predicted octanol–water partition coefficient (Wildman–Crippen LogP) is 3.45. The molecular weight excluding hydrogens is 420 g/mol. The molecule has 0 aliphatic carbocycles. The van der Waals surface area contributed by atoms with Gasteiger partial charge in [-0.15, -0.1) is 0 Å². The first-order chi connectivity index (χ1) is 14.9. The lowest BCUT2D eigenvalue weighted by atomic mass is 10.1. The number of ether oxygens (including phenoxy) is 1. The molecule has 0 radical (unpaired) electrons. The highest BCUT2D eigenvalue weighted by molar-refractivity contribution is 6.31. The number of hydrogen-bond acceptors (Lipinski definition) is 6. The van der Waals surface area contributed by atoms with Gasteiger partial charge in [-0.3, -0.25) is 9.48 Å². The Morgan fingerprint density at radius 3 is 2.87 bits per heavy atom. The maximum absolute atomic E-state index is 13.1. The van der Waals surface area contributed by atoms with Crippen molar-refractivity contribution in [1.29, 1.82) is 0 Å². The van der Waals surface area contributed by atoms with E-state index in [-0.39, 0.29) is 11.9 Å². The van der Waals surface area contributed by atoms with Crippen LogP contribution in [0.25, 0.3) is 16.9 Å². The number of hydrogen-bond donors (Lipinski definition) is 2. The molecule has 2 atom stereocenters. The number of carbonyl (C=O) groups is 1. The van der Waals surface area contributed by atoms with E-state index in [1.54, 1.807) is 61.6 Å². The molecule has 2 unspecified atom stereocenters. The van der Waals surface area contributed by atoms with E-state index in [1.165, 1.54) is 10.7 Å². The zero-order valence-corrected chi connectivity index (χ0v) is 17.9. The minimum absolute atomic E-state index is 0.320. The fourth-order valence-corrected chi connectivity index (χ4v) is 3.33. The largest absolute Gasteiger partial charge is 0.496 e. The van der Waals surface area contributed by atoms with Crippen molar-refractivity contribution < 1.29 is 14.6 Å². The lowest BCUT2D eigenvalue weighted by molar-refractivity contribution is 0.102. The number of nitrogens with zero attached hydrogens (tertiary/aromatic N) is 5. The van der Waals surface area contributed by atoms with Crippen LogP contribution in [-0.4, -0.2) is 48.6 Å². The molecule has 2 N–H and O–H groups in total. The molecule has 4 rings (SSSR count). The molecule has 0 aliphatic rings. The second-order valence-electron chi connectivity index (χ2n) is 7.10. The van der Waals surface area contributed by atoms with Crippen molar-refractivity contribution in [2.75, 3.05) is 12.4 Å². The number of benzene rings is 1. The van der Waals surface area contributed by atoms with E-state index in [0.717, 1.165) is 0 Å². The normalized spacial score (nSPS) is 13.2. The molecule has 4 aromatic rings. The van der Waals surface area contributed by atoms with E-state index < -0.39 is 6.10 Å². The van der Waals surface area contributed by atoms with Crippen LogP contribution in [0.3, 0.4) is 0 Å². The summed E-state index contributed by atoms with van der Waals surface area (Å²) in [5.41, 5.74) is 2.27. The van der Waals surface area contributed by atoms with Gasteiger partial charge in [0.25, 0.3) is 5.91 Å². The van der Waals surface area contributed by atoms with Crippen molar-refractivity contribution in [3.63, 3.8) is 0 Å². The average Bonchev–Trinajstić information content (AvgIpc) is 3.37. The number of nitrogens with one attached hydrogen (secondary N) is 1. The molecule has 0 saturated heterocycles. The minimum Gasteiger partial charge on any atom is -0.496 e. The molecule has 0 bridgehead atoms. The fraction of sp³-hybridized carbons (Fsp3) is 0.238. The molecule has 10 heteroatoms. The van der Waals surface area contributed by atoms with Gasteiger partial charge in [0.1, 0.15) is 17.0 Å². The van der Waals surface area contributed by atoms with Crippen molar-refractivity contribution in [3.05, 3.63) is 59.6 Å². The highest BCUT2D eigenvalue weighted by Crippen LogP contribution is 2.37. The van der Waals surface area contributed by atoms with E-state index in [9.17, 15) is 9.90 Å². The van der Waals surface area contributed by atoms with E-state index in [4.69, 9.17) is 16.3 Å². The quantitative estimate of drug-likeness (QED) is 0.475. The minimum atomic E-state index is -0.652. The second-order valence-corrected chi connectivity index (χ2v) is 7.53. The molecule has 1 amide bonds. The van der Waals surface area contributed by atoms with Gasteiger partial charge in [-0.05, 0) is 38.1 Å². The maximum atomic E-state index is 13.1. The molecular formula is C21H21ClN6O3. The summed E-state index contributed by atoms with van der Waals surface area (Å²) in [4.78, 5) is 17.3. The Morgan fingerprint density at radius 1 is 1.32 bits per heavy atom. The van der Waals surface area contributed by atoms with Crippen LogP contribution in [0.2, 0.25) is 5.02 Å². The van der Waals surface area contributed by atoms with Crippen molar-refractivity contribution in [2.24, 2.45) is 0 Å². The number of aromatic nitrogens is 5. The Labute approximate surface area is 183 Å². The Hall–Kier alpha value is -3.43. The summed E-state index contributed by atoms with van der Waals surface area (Å²) >= 11 is 6.21. The van der Waals surface area contributed by atoms with Gasteiger partial charge in [-0.1, -0.05) is 11.6 Å². The molecule has 0 aliphatic heterocycles. The van der Waals surface area contributed by atoms with Crippen molar-refractivity contribution in [2.45, 2.75) is 26.0 Å². The Bertz CT molecular complexity index is 1250. The second kappa shape index (κ2) is 8.37. The SMILES string of the molecule is COc1ccc(Cl)cc1-c1nn(C(C)C(C)O)cc1NC(=O)c1cnn2cccnc12. The number of amides is 1. The Kier molecular flexibility index (Phi) is 5.62. The number of aliphatic hydroxyl groups excluding tert-OH is 1. The molecule has 1 aromatic carbocycles. The summed E-state index contributed by atoms with van der Waals surface area (Å²) in [6.45, 7) is 3.51. The maximum Gasteiger partial charge on any atom is 0.261 e. The number of carbonyl (C=O) groups excluding carboxylic acids is 1. The van der Waals surface area contributed by atoms with Crippen LogP contribution in [0.15, 0.2) is 49.1 Å². The average molecular weight is 441 g/mol. The molecule has 0 saturated carbocycles. The van der Waals surface area contributed by atoms with Gasteiger partial charge in [-0.25, -0.2) is 9.50 Å². The summed E-state index contributed by atoms with van der Waals surface area (Å²) in [6.07, 6.45) is 5.79. The number of fused-ring (bicyclic) bond motifs is 1. The van der Waals surface area contributed by atoms with Gasteiger partial charge < -0.3 is 15.2 Å². The highest BCUT2D eigenvalue weighted by Gasteiger charge is 2.23. The third-order valence-corrected chi connectivity index (χ3v) is 5.27. The van der Waals surface area contributed by atoms with E-state index in [1.807, 2.05) is 6.92 Å². The first kappa shape index (κ1) is 20.8. The first-order valence-corrected chi connectivity index (χ1v) is 9.97. The molecule has 0 fully saturated rings. The Morgan fingerprint density at radius 2 is 2.13 bits per heavy atom. The number of halogens is 1. The van der Waals surface area contributed by atoms with Gasteiger partial charge in [-0.2, -0.15) is 10.2 Å². The first-order valence-electron chi connectivity index (χ1n) is 9.60. The van der Waals surface area contributed by atoms with Crippen LogP contribution in [0.1, 0.15) is 30.2 Å². The summed E-state index contributed by atoms with van der Waals surface area (Å²) in [7, 11) is 1.55. The zero-order chi connectivity index (χ0) is 22.1. The van der Waals surface area contributed by atoms with Crippen LogP contribution in [0.5, 0.6) is 5.75 Å². The lowest BCUT2D eigenvalue weighted by Crippen LogP contribution is -2.18. The topological polar surface area (TPSA) is 107 Å². The molecule has 0 spiro atoms. The number of aliphatic hydroxyl groups is 1. The number of rotatable bonds is 6. The standard InChI is InChI=1S/C21H21ClN6O3/c1-12(13(2)29)28-11-17(19(26-28)15-9-14(22)5-6-18(15)31-3)25-21(30)16-10-24-27-8-4-7-23-20(16)27/h4-13,29H,1-3H3,(H,25,30). The summed E-state index contributed by atoms with van der Waals surface area (Å²) in [6, 6.07) is 6.56. The van der Waals surface area contributed by atoms with Gasteiger partial charge in [0.2, 0.25) is 0 Å². The molecule has 160 valence electrons. The highest BCUT2D eigenvalue weighted by atomic mass is 35.5. The van der Waals surface area contributed by atoms with Crippen LogP contribution in [0, 0.1) is 0 Å². The van der Waals surface area contributed by atoms with Gasteiger partial charge in [0.05, 0.1) is 31.1 Å². The summed E-state index contributed by atoms with van der Waals surface area (Å²) in [5, 5.41) is 22.2. The number of anilines is 1. The smallest absolute Gasteiger partial charge is 0.261 e. The van der Waals surface area contributed by atoms with Crippen LogP contribution >= 0.6 is 11.6 Å². The zero-order valence-electron chi connectivity index (χ0n) is 17.2. The van der Waals surface area contributed by atoms with Crippen LogP contribution in [0.4, 0.5) is 5.69 Å². The predicted molar refractivity (Wildman–Crippen MR) is 117 cm³/mol. The van der Waals surface area contributed by atoms with E-state index >= 15 is 0 Å². The van der Waals surface area contributed by atoms with Crippen molar-refractivity contribution in [1.82, 2.24) is 24.4 Å². The molecule has 3 aromatic heterocycles. The molecule has 31 heavy (non-hydrogen) atoms. The van der Waals surface area contributed by atoms with Crippen molar-refractivity contribution in [3.8, 4) is 17.0 Å². The van der Waals surface area contributed by atoms with Crippen LogP contribution < -0.4 is 10.1 Å². The Balaban J connectivity index is 1.79. The fourth-order valence-electron chi connectivity index (χ4n) is 3.15. The van der Waals surface area contributed by atoms with Gasteiger partial charge >= 0.3 is 0 Å². The van der Waals surface area contributed by atoms with E-state index in [0.29, 0.717) is 38.9 Å². The third kappa shape index (κ3) is 3.97. The van der Waals surface area contributed by atoms with E-state index in [2.05, 4.69) is 20.5 Å². The lowest BCUT2D eigenvalue weighted by Gasteiger charge is -2.14. The van der Waals surface area contributed by atoms with Gasteiger partial charge in [0, 0.05) is 29.2 Å².